The molecule has 3 atom stereocenters. The van der Waals surface area contributed by atoms with Crippen LogP contribution in [-0.2, 0) is 0 Å². The summed E-state index contributed by atoms with van der Waals surface area (Å²) in [6.45, 7) is 12.1. The number of hydrogen-bond acceptors (Lipinski definition) is 3. The summed E-state index contributed by atoms with van der Waals surface area (Å²) < 4.78 is 0. The SMILES string of the molecule is C=C(O)[C@@]1(C)CCC2=C(C)C(C)=C(N=O)C(C)[C@@H]2CC1. The fourth-order valence-electron chi connectivity index (χ4n) is 3.79. The fourth-order valence-corrected chi connectivity index (χ4v) is 3.79. The van der Waals surface area contributed by atoms with E-state index in [2.05, 4.69) is 32.5 Å². The van der Waals surface area contributed by atoms with Crippen LogP contribution >= 0.6 is 0 Å². The van der Waals surface area contributed by atoms with Crippen molar-refractivity contribution in [1.82, 2.24) is 0 Å². The number of aliphatic hydroxyl groups excluding tert-OH is 1. The van der Waals surface area contributed by atoms with Crippen molar-refractivity contribution in [3.05, 3.63) is 39.7 Å². The molecular weight excluding hydrogens is 250 g/mol. The predicted molar refractivity (Wildman–Crippen MR) is 82.2 cm³/mol. The van der Waals surface area contributed by atoms with E-state index in [1.807, 2.05) is 6.92 Å². The van der Waals surface area contributed by atoms with E-state index >= 15 is 0 Å². The lowest BCUT2D eigenvalue weighted by molar-refractivity contribution is 0.210. The molecule has 0 heterocycles. The van der Waals surface area contributed by atoms with Gasteiger partial charge < -0.3 is 5.11 Å². The number of fused-ring (bicyclic) bond motifs is 1. The third kappa shape index (κ3) is 2.23. The zero-order valence-electron chi connectivity index (χ0n) is 13.0. The van der Waals surface area contributed by atoms with Gasteiger partial charge in [0.25, 0.3) is 0 Å². The van der Waals surface area contributed by atoms with Gasteiger partial charge in [-0.2, -0.15) is 0 Å². The van der Waals surface area contributed by atoms with E-state index < -0.39 is 0 Å². The summed E-state index contributed by atoms with van der Waals surface area (Å²) in [4.78, 5) is 11.1. The first-order valence-electron chi connectivity index (χ1n) is 7.44. The summed E-state index contributed by atoms with van der Waals surface area (Å²) in [6.07, 6.45) is 3.80. The van der Waals surface area contributed by atoms with Crippen molar-refractivity contribution >= 4 is 0 Å². The lowest BCUT2D eigenvalue weighted by Gasteiger charge is -2.32. The molecule has 1 N–H and O–H groups in total. The summed E-state index contributed by atoms with van der Waals surface area (Å²) >= 11 is 0. The average molecular weight is 275 g/mol. The molecular formula is C17H25NO2. The Hall–Kier alpha value is -1.38. The summed E-state index contributed by atoms with van der Waals surface area (Å²) in [7, 11) is 0. The van der Waals surface area contributed by atoms with Gasteiger partial charge in [0, 0.05) is 11.3 Å². The zero-order chi connectivity index (χ0) is 15.1. The number of rotatable bonds is 2. The van der Waals surface area contributed by atoms with Crippen LogP contribution in [0.1, 0.15) is 53.4 Å². The first kappa shape index (κ1) is 15.0. The molecule has 0 aromatic carbocycles. The van der Waals surface area contributed by atoms with Crippen LogP contribution in [0.25, 0.3) is 0 Å². The highest BCUT2D eigenvalue weighted by Crippen LogP contribution is 2.50. The highest BCUT2D eigenvalue weighted by Gasteiger charge is 2.39. The molecule has 20 heavy (non-hydrogen) atoms. The maximum atomic E-state index is 11.1. The Balaban J connectivity index is 2.41. The Morgan fingerprint density at radius 1 is 1.35 bits per heavy atom. The summed E-state index contributed by atoms with van der Waals surface area (Å²) in [6, 6.07) is 0. The maximum absolute atomic E-state index is 11.1. The van der Waals surface area contributed by atoms with E-state index in [-0.39, 0.29) is 11.3 Å². The molecule has 0 aromatic rings. The van der Waals surface area contributed by atoms with Gasteiger partial charge in [-0.1, -0.05) is 26.0 Å². The van der Waals surface area contributed by atoms with Crippen LogP contribution < -0.4 is 0 Å². The zero-order valence-corrected chi connectivity index (χ0v) is 13.0. The van der Waals surface area contributed by atoms with Crippen LogP contribution in [0.3, 0.4) is 0 Å². The summed E-state index contributed by atoms with van der Waals surface area (Å²) in [5, 5.41) is 13.2. The number of hydrogen-bond donors (Lipinski definition) is 1. The lowest BCUT2D eigenvalue weighted by Crippen LogP contribution is -2.22. The third-order valence-corrected chi connectivity index (χ3v) is 5.66. The Labute approximate surface area is 121 Å². The molecule has 0 aromatic heterocycles. The molecule has 2 aliphatic carbocycles. The molecule has 0 bridgehead atoms. The Bertz CT molecular complexity index is 515. The first-order valence-corrected chi connectivity index (χ1v) is 7.44. The number of allylic oxidation sites excluding steroid dienone is 5. The topological polar surface area (TPSA) is 49.7 Å². The van der Waals surface area contributed by atoms with Crippen LogP contribution in [0, 0.1) is 22.2 Å². The van der Waals surface area contributed by atoms with Gasteiger partial charge in [0.15, 0.2) is 0 Å². The predicted octanol–water partition coefficient (Wildman–Crippen LogP) is 5.26. The second kappa shape index (κ2) is 5.19. The molecule has 0 spiro atoms. The maximum Gasteiger partial charge on any atom is 0.0914 e. The molecule has 1 fully saturated rings. The summed E-state index contributed by atoms with van der Waals surface area (Å²) in [5.41, 5.74) is 4.24. The highest BCUT2D eigenvalue weighted by molar-refractivity contribution is 5.43. The minimum absolute atomic E-state index is 0.181. The van der Waals surface area contributed by atoms with E-state index in [9.17, 15) is 10.0 Å². The minimum atomic E-state index is -0.201. The molecule has 3 nitrogen and oxygen atoms in total. The third-order valence-electron chi connectivity index (χ3n) is 5.66. The average Bonchev–Trinajstić information content (AvgIpc) is 2.58. The van der Waals surface area contributed by atoms with Gasteiger partial charge >= 0.3 is 0 Å². The van der Waals surface area contributed by atoms with Crippen molar-refractivity contribution in [2.45, 2.75) is 53.4 Å². The second-order valence-electron chi connectivity index (χ2n) is 6.69. The van der Waals surface area contributed by atoms with E-state index in [4.69, 9.17) is 0 Å². The Morgan fingerprint density at radius 2 is 2.00 bits per heavy atom. The van der Waals surface area contributed by atoms with Gasteiger partial charge in [0.05, 0.1) is 11.5 Å². The minimum Gasteiger partial charge on any atom is -0.512 e. The molecule has 2 rings (SSSR count). The molecule has 1 saturated carbocycles. The quantitative estimate of drug-likeness (QED) is 0.552. The largest absolute Gasteiger partial charge is 0.512 e. The molecule has 2 aliphatic rings. The molecule has 0 aliphatic heterocycles. The molecule has 110 valence electrons. The molecule has 0 saturated heterocycles. The molecule has 0 radical (unpaired) electrons. The van der Waals surface area contributed by atoms with Crippen LogP contribution in [0.15, 0.2) is 39.9 Å². The van der Waals surface area contributed by atoms with Crippen molar-refractivity contribution < 1.29 is 5.11 Å². The smallest absolute Gasteiger partial charge is 0.0914 e. The van der Waals surface area contributed by atoms with Gasteiger partial charge in [-0.25, -0.2) is 0 Å². The van der Waals surface area contributed by atoms with Gasteiger partial charge in [-0.15, -0.1) is 4.91 Å². The fraction of sp³-hybridized carbons (Fsp3) is 0.647. The molecule has 1 unspecified atom stereocenters. The van der Waals surface area contributed by atoms with Crippen molar-refractivity contribution in [2.75, 3.05) is 0 Å². The summed E-state index contributed by atoms with van der Waals surface area (Å²) in [5.74, 6) is 0.855. The van der Waals surface area contributed by atoms with Crippen LogP contribution in [0.5, 0.6) is 0 Å². The molecule has 3 heteroatoms. The van der Waals surface area contributed by atoms with E-state index in [0.29, 0.717) is 17.4 Å². The van der Waals surface area contributed by atoms with Gasteiger partial charge in [-0.05, 0) is 61.8 Å². The van der Waals surface area contributed by atoms with Crippen LogP contribution in [-0.4, -0.2) is 5.11 Å². The molecule has 0 amide bonds. The van der Waals surface area contributed by atoms with Gasteiger partial charge in [0.1, 0.15) is 0 Å². The standard InChI is InChI=1S/C17H25NO2/c1-10-11(2)16(18-20)12(3)15-7-9-17(5,13(4)19)8-6-14(10)15/h12,15,19H,4,6-9H2,1-3,5H3/t12?,15-,17-/m0/s1. The first-order chi connectivity index (χ1) is 9.31. The van der Waals surface area contributed by atoms with E-state index in [0.717, 1.165) is 31.3 Å². The monoisotopic (exact) mass is 275 g/mol. The van der Waals surface area contributed by atoms with E-state index in [1.54, 1.807) is 0 Å². The Kier molecular flexibility index (Phi) is 3.90. The van der Waals surface area contributed by atoms with Crippen LogP contribution in [0.4, 0.5) is 0 Å². The number of nitrogens with zero attached hydrogens (tertiary/aromatic N) is 1. The normalized spacial score (nSPS) is 34.6. The van der Waals surface area contributed by atoms with Gasteiger partial charge in [0.2, 0.25) is 0 Å². The van der Waals surface area contributed by atoms with Crippen molar-refractivity contribution in [2.24, 2.45) is 22.4 Å². The van der Waals surface area contributed by atoms with Crippen LogP contribution in [0.2, 0.25) is 0 Å². The Morgan fingerprint density at radius 3 is 2.55 bits per heavy atom. The van der Waals surface area contributed by atoms with Gasteiger partial charge in [-0.3, -0.25) is 0 Å². The van der Waals surface area contributed by atoms with Crippen molar-refractivity contribution in [3.8, 4) is 0 Å². The van der Waals surface area contributed by atoms with Crippen molar-refractivity contribution in [3.63, 3.8) is 0 Å². The lowest BCUT2D eigenvalue weighted by atomic mass is 9.73. The number of nitroso groups, excluding NO2 is 1. The highest BCUT2D eigenvalue weighted by atomic mass is 16.3. The number of aliphatic hydroxyl groups is 1. The van der Waals surface area contributed by atoms with E-state index in [1.165, 1.54) is 11.1 Å². The second-order valence-corrected chi connectivity index (χ2v) is 6.69. The van der Waals surface area contributed by atoms with Crippen molar-refractivity contribution in [1.29, 1.82) is 0 Å².